The summed E-state index contributed by atoms with van der Waals surface area (Å²) in [5.74, 6) is 0. The van der Waals surface area contributed by atoms with Gasteiger partial charge < -0.3 is 14.8 Å². The molecular formula is C11H23NO2. The molecule has 1 aliphatic rings. The third kappa shape index (κ3) is 5.58. The van der Waals surface area contributed by atoms with E-state index in [2.05, 4.69) is 12.2 Å². The van der Waals surface area contributed by atoms with E-state index < -0.39 is 0 Å². The van der Waals surface area contributed by atoms with Crippen molar-refractivity contribution in [1.82, 2.24) is 5.32 Å². The molecule has 1 rings (SSSR count). The predicted molar refractivity (Wildman–Crippen MR) is 57.6 cm³/mol. The number of nitrogens with one attached hydrogen (secondary N) is 1. The van der Waals surface area contributed by atoms with Crippen LogP contribution >= 0.6 is 0 Å². The first-order chi connectivity index (χ1) is 6.93. The number of hydrogen-bond donors (Lipinski definition) is 1. The highest BCUT2D eigenvalue weighted by Crippen LogP contribution is 2.12. The van der Waals surface area contributed by atoms with Gasteiger partial charge in [-0.05, 0) is 38.8 Å². The van der Waals surface area contributed by atoms with Crippen LogP contribution in [-0.2, 0) is 9.47 Å². The van der Waals surface area contributed by atoms with E-state index in [-0.39, 0.29) is 0 Å². The van der Waals surface area contributed by atoms with Crippen molar-refractivity contribution in [2.75, 3.05) is 32.9 Å². The minimum Gasteiger partial charge on any atom is -0.379 e. The van der Waals surface area contributed by atoms with Gasteiger partial charge in [-0.2, -0.15) is 0 Å². The van der Waals surface area contributed by atoms with E-state index in [1.807, 2.05) is 0 Å². The molecule has 0 aromatic carbocycles. The topological polar surface area (TPSA) is 30.5 Å². The lowest BCUT2D eigenvalue weighted by Gasteiger charge is -2.22. The Balaban J connectivity index is 1.82. The molecule has 0 aromatic heterocycles. The van der Waals surface area contributed by atoms with Crippen LogP contribution < -0.4 is 5.32 Å². The zero-order valence-electron chi connectivity index (χ0n) is 9.26. The quantitative estimate of drug-likeness (QED) is 0.634. The summed E-state index contributed by atoms with van der Waals surface area (Å²) in [5.41, 5.74) is 0. The molecule has 0 spiro atoms. The fraction of sp³-hybridized carbons (Fsp3) is 1.00. The molecule has 0 aromatic rings. The summed E-state index contributed by atoms with van der Waals surface area (Å²) in [5, 5.41) is 3.28. The van der Waals surface area contributed by atoms with E-state index in [4.69, 9.17) is 9.47 Å². The van der Waals surface area contributed by atoms with E-state index in [0.717, 1.165) is 39.3 Å². The van der Waals surface area contributed by atoms with Gasteiger partial charge >= 0.3 is 0 Å². The molecular weight excluding hydrogens is 178 g/mol. The molecule has 1 heterocycles. The third-order valence-corrected chi connectivity index (χ3v) is 2.47. The fourth-order valence-corrected chi connectivity index (χ4v) is 1.63. The van der Waals surface area contributed by atoms with Crippen LogP contribution in [0, 0.1) is 0 Å². The van der Waals surface area contributed by atoms with E-state index in [9.17, 15) is 0 Å². The maximum Gasteiger partial charge on any atom is 0.0808 e. The first-order valence-electron chi connectivity index (χ1n) is 5.83. The Morgan fingerprint density at radius 1 is 1.43 bits per heavy atom. The molecule has 0 saturated carbocycles. The standard InChI is InChI=1S/C11H23NO2/c1-2-12-7-5-8-13-10-11-6-3-4-9-14-11/h11-12H,2-10H2,1H3. The summed E-state index contributed by atoms with van der Waals surface area (Å²) < 4.78 is 11.1. The van der Waals surface area contributed by atoms with Crippen LogP contribution in [-0.4, -0.2) is 39.0 Å². The molecule has 1 saturated heterocycles. The van der Waals surface area contributed by atoms with Gasteiger partial charge in [-0.1, -0.05) is 6.92 Å². The molecule has 0 bridgehead atoms. The summed E-state index contributed by atoms with van der Waals surface area (Å²) in [6.45, 7) is 6.79. The largest absolute Gasteiger partial charge is 0.379 e. The second-order valence-corrected chi connectivity index (χ2v) is 3.77. The van der Waals surface area contributed by atoms with Gasteiger partial charge in [0.15, 0.2) is 0 Å². The average Bonchev–Trinajstić information content (AvgIpc) is 2.25. The van der Waals surface area contributed by atoms with Crippen LogP contribution in [0.2, 0.25) is 0 Å². The van der Waals surface area contributed by atoms with Gasteiger partial charge in [0.05, 0.1) is 12.7 Å². The molecule has 14 heavy (non-hydrogen) atoms. The maximum absolute atomic E-state index is 5.57. The van der Waals surface area contributed by atoms with Gasteiger partial charge in [0.1, 0.15) is 0 Å². The Morgan fingerprint density at radius 3 is 3.07 bits per heavy atom. The van der Waals surface area contributed by atoms with Gasteiger partial charge in [0.2, 0.25) is 0 Å². The monoisotopic (exact) mass is 201 g/mol. The molecule has 3 nitrogen and oxygen atoms in total. The van der Waals surface area contributed by atoms with E-state index in [1.54, 1.807) is 0 Å². The zero-order chi connectivity index (χ0) is 10.1. The molecule has 1 aliphatic heterocycles. The van der Waals surface area contributed by atoms with Crippen molar-refractivity contribution in [3.05, 3.63) is 0 Å². The van der Waals surface area contributed by atoms with Crippen LogP contribution in [0.1, 0.15) is 32.6 Å². The van der Waals surface area contributed by atoms with E-state index in [1.165, 1.54) is 19.3 Å². The predicted octanol–water partition coefficient (Wildman–Crippen LogP) is 1.57. The Morgan fingerprint density at radius 2 is 2.36 bits per heavy atom. The van der Waals surface area contributed by atoms with Gasteiger partial charge in [0, 0.05) is 13.2 Å². The first kappa shape index (κ1) is 12.0. The lowest BCUT2D eigenvalue weighted by Crippen LogP contribution is -2.25. The molecule has 1 N–H and O–H groups in total. The molecule has 84 valence electrons. The van der Waals surface area contributed by atoms with Gasteiger partial charge in [-0.25, -0.2) is 0 Å². The lowest BCUT2D eigenvalue weighted by molar-refractivity contribution is -0.0408. The molecule has 3 heteroatoms. The third-order valence-electron chi connectivity index (χ3n) is 2.47. The summed E-state index contributed by atoms with van der Waals surface area (Å²) in [7, 11) is 0. The van der Waals surface area contributed by atoms with Crippen LogP contribution in [0.25, 0.3) is 0 Å². The molecule has 0 radical (unpaired) electrons. The molecule has 0 aliphatic carbocycles. The SMILES string of the molecule is CCNCCCOCC1CCCCO1. The minimum atomic E-state index is 0.364. The normalized spacial score (nSPS) is 22.5. The lowest BCUT2D eigenvalue weighted by atomic mass is 10.1. The molecule has 1 atom stereocenters. The van der Waals surface area contributed by atoms with Crippen molar-refractivity contribution in [1.29, 1.82) is 0 Å². The van der Waals surface area contributed by atoms with Crippen molar-refractivity contribution in [3.63, 3.8) is 0 Å². The first-order valence-corrected chi connectivity index (χ1v) is 5.83. The van der Waals surface area contributed by atoms with Gasteiger partial charge in [0.25, 0.3) is 0 Å². The van der Waals surface area contributed by atoms with Gasteiger partial charge in [-0.3, -0.25) is 0 Å². The van der Waals surface area contributed by atoms with Crippen molar-refractivity contribution < 1.29 is 9.47 Å². The maximum atomic E-state index is 5.57. The summed E-state index contributed by atoms with van der Waals surface area (Å²) in [6, 6.07) is 0. The number of hydrogen-bond acceptors (Lipinski definition) is 3. The Bertz CT molecular complexity index is 124. The molecule has 1 unspecified atom stereocenters. The smallest absolute Gasteiger partial charge is 0.0808 e. The Hall–Kier alpha value is -0.120. The van der Waals surface area contributed by atoms with Crippen LogP contribution in [0.5, 0.6) is 0 Å². The highest BCUT2D eigenvalue weighted by molar-refractivity contribution is 4.62. The van der Waals surface area contributed by atoms with Gasteiger partial charge in [-0.15, -0.1) is 0 Å². The van der Waals surface area contributed by atoms with Crippen molar-refractivity contribution in [2.45, 2.75) is 38.7 Å². The van der Waals surface area contributed by atoms with Crippen molar-refractivity contribution >= 4 is 0 Å². The summed E-state index contributed by atoms with van der Waals surface area (Å²) in [4.78, 5) is 0. The minimum absolute atomic E-state index is 0.364. The van der Waals surface area contributed by atoms with E-state index in [0.29, 0.717) is 6.10 Å². The second kappa shape index (κ2) is 8.21. The summed E-state index contributed by atoms with van der Waals surface area (Å²) in [6.07, 6.45) is 5.15. The fourth-order valence-electron chi connectivity index (χ4n) is 1.63. The summed E-state index contributed by atoms with van der Waals surface area (Å²) >= 11 is 0. The average molecular weight is 201 g/mol. The number of ether oxygens (including phenoxy) is 2. The highest BCUT2D eigenvalue weighted by Gasteiger charge is 2.13. The van der Waals surface area contributed by atoms with Crippen molar-refractivity contribution in [3.8, 4) is 0 Å². The second-order valence-electron chi connectivity index (χ2n) is 3.77. The van der Waals surface area contributed by atoms with Crippen molar-refractivity contribution in [2.24, 2.45) is 0 Å². The molecule has 0 amide bonds. The molecule has 1 fully saturated rings. The van der Waals surface area contributed by atoms with Crippen LogP contribution in [0.4, 0.5) is 0 Å². The highest BCUT2D eigenvalue weighted by atomic mass is 16.5. The van der Waals surface area contributed by atoms with Crippen LogP contribution in [0.15, 0.2) is 0 Å². The Labute approximate surface area is 87.2 Å². The van der Waals surface area contributed by atoms with E-state index >= 15 is 0 Å². The zero-order valence-corrected chi connectivity index (χ0v) is 9.26. The number of rotatable bonds is 7. The Kier molecular flexibility index (Phi) is 7.01. The van der Waals surface area contributed by atoms with Crippen LogP contribution in [0.3, 0.4) is 0 Å².